The molecule has 2 aromatic rings. The van der Waals surface area contributed by atoms with Gasteiger partial charge in [0, 0.05) is 5.39 Å². The van der Waals surface area contributed by atoms with E-state index in [9.17, 15) is 8.42 Å². The molecule has 0 spiro atoms. The summed E-state index contributed by atoms with van der Waals surface area (Å²) >= 11 is 0. The van der Waals surface area contributed by atoms with Gasteiger partial charge in [-0.3, -0.25) is 0 Å². The van der Waals surface area contributed by atoms with Gasteiger partial charge in [-0.05, 0) is 17.9 Å². The van der Waals surface area contributed by atoms with E-state index in [1.165, 1.54) is 0 Å². The van der Waals surface area contributed by atoms with Crippen molar-refractivity contribution in [2.75, 3.05) is 5.75 Å². The van der Waals surface area contributed by atoms with Gasteiger partial charge in [-0.2, -0.15) is 0 Å². The molecular formula is C13H14O2S. The maximum atomic E-state index is 12.0. The molecule has 0 radical (unpaired) electrons. The molecule has 84 valence electrons. The van der Waals surface area contributed by atoms with Gasteiger partial charge in [0.05, 0.1) is 10.6 Å². The molecule has 2 aromatic carbocycles. The minimum absolute atomic E-state index is 0.141. The number of hydrogen-bond donors (Lipinski definition) is 0. The number of benzene rings is 2. The van der Waals surface area contributed by atoms with Crippen LogP contribution >= 0.6 is 0 Å². The standard InChI is InChI=1S/C13H14O2S/c1-3-16(14,15)13-10(2)8-9-11-6-4-5-7-12(11)13/h4-9H,3H2,1-2H3. The Bertz CT molecular complexity index is 627. The predicted octanol–water partition coefficient (Wildman–Crippen LogP) is 2.94. The maximum absolute atomic E-state index is 12.0. The fourth-order valence-corrected chi connectivity index (χ4v) is 3.28. The molecule has 0 amide bonds. The van der Waals surface area contributed by atoms with Crippen LogP contribution in [0.15, 0.2) is 41.3 Å². The largest absolute Gasteiger partial charge is 0.224 e. The van der Waals surface area contributed by atoms with E-state index < -0.39 is 9.84 Å². The number of fused-ring (bicyclic) bond motifs is 1. The summed E-state index contributed by atoms with van der Waals surface area (Å²) < 4.78 is 24.1. The third-order valence-corrected chi connectivity index (χ3v) is 4.69. The molecule has 0 bridgehead atoms. The average Bonchev–Trinajstić information content (AvgIpc) is 2.28. The molecular weight excluding hydrogens is 220 g/mol. The summed E-state index contributed by atoms with van der Waals surface area (Å²) in [6, 6.07) is 11.4. The molecule has 0 atom stereocenters. The molecule has 0 aromatic heterocycles. The third-order valence-electron chi connectivity index (χ3n) is 2.77. The minimum atomic E-state index is -3.16. The summed E-state index contributed by atoms with van der Waals surface area (Å²) in [5.41, 5.74) is 0.820. The third kappa shape index (κ3) is 1.71. The Labute approximate surface area is 95.8 Å². The summed E-state index contributed by atoms with van der Waals surface area (Å²) in [5.74, 6) is 0.141. The van der Waals surface area contributed by atoms with Crippen LogP contribution in [-0.4, -0.2) is 14.2 Å². The lowest BCUT2D eigenvalue weighted by Gasteiger charge is -2.09. The molecule has 0 N–H and O–H groups in total. The quantitative estimate of drug-likeness (QED) is 0.800. The average molecular weight is 234 g/mol. The van der Waals surface area contributed by atoms with Gasteiger partial charge < -0.3 is 0 Å². The first-order chi connectivity index (χ1) is 7.56. The summed E-state index contributed by atoms with van der Waals surface area (Å²) in [6.07, 6.45) is 0. The highest BCUT2D eigenvalue weighted by atomic mass is 32.2. The van der Waals surface area contributed by atoms with E-state index in [-0.39, 0.29) is 5.75 Å². The lowest BCUT2D eigenvalue weighted by molar-refractivity contribution is 0.597. The van der Waals surface area contributed by atoms with E-state index >= 15 is 0 Å². The normalized spacial score (nSPS) is 11.9. The molecule has 2 rings (SSSR count). The van der Waals surface area contributed by atoms with E-state index in [0.717, 1.165) is 16.3 Å². The van der Waals surface area contributed by atoms with Gasteiger partial charge in [0.2, 0.25) is 0 Å². The van der Waals surface area contributed by atoms with Crippen LogP contribution in [0.1, 0.15) is 12.5 Å². The Morgan fingerprint density at radius 2 is 1.75 bits per heavy atom. The Kier molecular flexibility index (Phi) is 2.72. The minimum Gasteiger partial charge on any atom is -0.224 e. The van der Waals surface area contributed by atoms with E-state index in [1.807, 2.05) is 43.3 Å². The lowest BCUT2D eigenvalue weighted by atomic mass is 10.1. The molecule has 0 aliphatic heterocycles. The van der Waals surface area contributed by atoms with Crippen LogP contribution in [0.3, 0.4) is 0 Å². The van der Waals surface area contributed by atoms with Gasteiger partial charge in [0.1, 0.15) is 0 Å². The van der Waals surface area contributed by atoms with E-state index in [1.54, 1.807) is 6.92 Å². The molecule has 0 heterocycles. The second-order valence-electron chi connectivity index (χ2n) is 3.84. The van der Waals surface area contributed by atoms with Crippen LogP contribution in [0.25, 0.3) is 10.8 Å². The molecule has 0 fully saturated rings. The van der Waals surface area contributed by atoms with Gasteiger partial charge >= 0.3 is 0 Å². The highest BCUT2D eigenvalue weighted by Gasteiger charge is 2.17. The van der Waals surface area contributed by atoms with Crippen LogP contribution in [0.4, 0.5) is 0 Å². The number of rotatable bonds is 2. The number of sulfone groups is 1. The van der Waals surface area contributed by atoms with Crippen molar-refractivity contribution in [3.8, 4) is 0 Å². The van der Waals surface area contributed by atoms with Crippen molar-refractivity contribution in [1.29, 1.82) is 0 Å². The Balaban J connectivity index is 2.92. The van der Waals surface area contributed by atoms with E-state index in [0.29, 0.717) is 4.90 Å². The first-order valence-corrected chi connectivity index (χ1v) is 6.92. The molecule has 2 nitrogen and oxygen atoms in total. The molecule has 0 unspecified atom stereocenters. The lowest BCUT2D eigenvalue weighted by Crippen LogP contribution is -2.06. The highest BCUT2D eigenvalue weighted by molar-refractivity contribution is 7.91. The second kappa shape index (κ2) is 3.91. The van der Waals surface area contributed by atoms with Crippen molar-refractivity contribution >= 4 is 20.6 Å². The van der Waals surface area contributed by atoms with Crippen molar-refractivity contribution in [2.45, 2.75) is 18.7 Å². The fourth-order valence-electron chi connectivity index (χ4n) is 1.91. The molecule has 0 aliphatic rings. The van der Waals surface area contributed by atoms with Crippen molar-refractivity contribution in [2.24, 2.45) is 0 Å². The van der Waals surface area contributed by atoms with Crippen molar-refractivity contribution < 1.29 is 8.42 Å². The van der Waals surface area contributed by atoms with Gasteiger partial charge in [-0.1, -0.05) is 43.3 Å². The highest BCUT2D eigenvalue weighted by Crippen LogP contribution is 2.27. The number of hydrogen-bond acceptors (Lipinski definition) is 2. The fraction of sp³-hybridized carbons (Fsp3) is 0.231. The van der Waals surface area contributed by atoms with Crippen LogP contribution in [0.5, 0.6) is 0 Å². The first-order valence-electron chi connectivity index (χ1n) is 5.27. The summed E-state index contributed by atoms with van der Waals surface area (Å²) in [7, 11) is -3.16. The van der Waals surface area contributed by atoms with Gasteiger partial charge in [0.15, 0.2) is 9.84 Å². The Morgan fingerprint density at radius 1 is 1.06 bits per heavy atom. The molecule has 0 saturated carbocycles. The summed E-state index contributed by atoms with van der Waals surface area (Å²) in [6.45, 7) is 3.52. The predicted molar refractivity (Wildman–Crippen MR) is 66.4 cm³/mol. The zero-order chi connectivity index (χ0) is 11.8. The van der Waals surface area contributed by atoms with Crippen LogP contribution in [-0.2, 0) is 9.84 Å². The first kappa shape index (κ1) is 11.1. The van der Waals surface area contributed by atoms with Crippen molar-refractivity contribution in [1.82, 2.24) is 0 Å². The van der Waals surface area contributed by atoms with Crippen molar-refractivity contribution in [3.05, 3.63) is 42.0 Å². The maximum Gasteiger partial charge on any atom is 0.178 e. The van der Waals surface area contributed by atoms with Gasteiger partial charge in [-0.25, -0.2) is 8.42 Å². The molecule has 0 aliphatic carbocycles. The van der Waals surface area contributed by atoms with Crippen LogP contribution < -0.4 is 0 Å². The zero-order valence-electron chi connectivity index (χ0n) is 9.40. The van der Waals surface area contributed by atoms with E-state index in [2.05, 4.69) is 0 Å². The molecule has 3 heteroatoms. The Hall–Kier alpha value is -1.35. The zero-order valence-corrected chi connectivity index (χ0v) is 10.2. The SMILES string of the molecule is CCS(=O)(=O)c1c(C)ccc2ccccc12. The van der Waals surface area contributed by atoms with Crippen molar-refractivity contribution in [3.63, 3.8) is 0 Å². The van der Waals surface area contributed by atoms with Gasteiger partial charge in [0.25, 0.3) is 0 Å². The van der Waals surface area contributed by atoms with Gasteiger partial charge in [-0.15, -0.1) is 0 Å². The summed E-state index contributed by atoms with van der Waals surface area (Å²) in [4.78, 5) is 0.480. The number of aryl methyl sites for hydroxylation is 1. The second-order valence-corrected chi connectivity index (χ2v) is 6.05. The monoisotopic (exact) mass is 234 g/mol. The molecule has 0 saturated heterocycles. The molecule has 16 heavy (non-hydrogen) atoms. The van der Waals surface area contributed by atoms with E-state index in [4.69, 9.17) is 0 Å². The Morgan fingerprint density at radius 3 is 2.44 bits per heavy atom. The smallest absolute Gasteiger partial charge is 0.178 e. The topological polar surface area (TPSA) is 34.1 Å². The van der Waals surface area contributed by atoms with Crippen LogP contribution in [0, 0.1) is 6.92 Å². The van der Waals surface area contributed by atoms with Crippen LogP contribution in [0.2, 0.25) is 0 Å². The summed E-state index contributed by atoms with van der Waals surface area (Å²) in [5, 5.41) is 1.80.